The van der Waals surface area contributed by atoms with Crippen molar-refractivity contribution in [1.82, 2.24) is 0 Å². The molecule has 0 spiro atoms. The van der Waals surface area contributed by atoms with Gasteiger partial charge in [-0.25, -0.2) is 0 Å². The minimum absolute atomic E-state index is 0.164. The minimum Gasteiger partial charge on any atom is -0.490 e. The van der Waals surface area contributed by atoms with E-state index in [9.17, 15) is 0 Å². The summed E-state index contributed by atoms with van der Waals surface area (Å²) in [6.45, 7) is 7.16. The molecule has 0 saturated carbocycles. The first-order valence-electron chi connectivity index (χ1n) is 6.78. The van der Waals surface area contributed by atoms with Gasteiger partial charge in [-0.05, 0) is 32.4 Å². The summed E-state index contributed by atoms with van der Waals surface area (Å²) in [5.41, 5.74) is 0.953. The molecular formula is C15H22N2O2. The van der Waals surface area contributed by atoms with E-state index in [1.54, 1.807) is 0 Å². The average Bonchev–Trinajstić information content (AvgIpc) is 2.41. The van der Waals surface area contributed by atoms with Crippen LogP contribution in [0.3, 0.4) is 0 Å². The van der Waals surface area contributed by atoms with Crippen molar-refractivity contribution in [2.75, 3.05) is 18.5 Å². The van der Waals surface area contributed by atoms with Crippen LogP contribution < -0.4 is 14.8 Å². The summed E-state index contributed by atoms with van der Waals surface area (Å²) in [4.78, 5) is 0. The number of nitriles is 1. The van der Waals surface area contributed by atoms with Gasteiger partial charge in [0, 0.05) is 17.8 Å². The van der Waals surface area contributed by atoms with E-state index >= 15 is 0 Å². The number of nitrogens with one attached hydrogen (secondary N) is 1. The smallest absolute Gasteiger partial charge is 0.163 e. The van der Waals surface area contributed by atoms with Gasteiger partial charge in [0.25, 0.3) is 0 Å². The summed E-state index contributed by atoms with van der Waals surface area (Å²) < 4.78 is 11.1. The largest absolute Gasteiger partial charge is 0.490 e. The molecule has 19 heavy (non-hydrogen) atoms. The third-order valence-electron chi connectivity index (χ3n) is 2.74. The van der Waals surface area contributed by atoms with Crippen molar-refractivity contribution in [3.63, 3.8) is 0 Å². The standard InChI is InChI=1S/C15H22N2O2/c1-4-12(9-10-16)17-13-7-8-14(18-5-2)15(11-13)19-6-3/h7-8,11-12,17H,4-6,9H2,1-3H3. The van der Waals surface area contributed by atoms with Crippen molar-refractivity contribution >= 4 is 5.69 Å². The van der Waals surface area contributed by atoms with Gasteiger partial charge in [-0.15, -0.1) is 0 Å². The van der Waals surface area contributed by atoms with Crippen LogP contribution in [0.2, 0.25) is 0 Å². The predicted octanol–water partition coefficient (Wildman–Crippen LogP) is 3.59. The Kier molecular flexibility index (Phi) is 6.59. The van der Waals surface area contributed by atoms with Crippen molar-refractivity contribution in [2.24, 2.45) is 0 Å². The molecule has 4 heteroatoms. The Morgan fingerprint density at radius 2 is 1.84 bits per heavy atom. The Morgan fingerprint density at radius 1 is 1.16 bits per heavy atom. The SMILES string of the molecule is CCOc1ccc(NC(CC)CC#N)cc1OCC. The number of benzene rings is 1. The zero-order chi connectivity index (χ0) is 14.1. The fourth-order valence-corrected chi connectivity index (χ4v) is 1.78. The highest BCUT2D eigenvalue weighted by atomic mass is 16.5. The number of rotatable bonds is 8. The van der Waals surface area contributed by atoms with E-state index in [-0.39, 0.29) is 6.04 Å². The predicted molar refractivity (Wildman–Crippen MR) is 76.7 cm³/mol. The van der Waals surface area contributed by atoms with Crippen LogP contribution in [-0.2, 0) is 0 Å². The fraction of sp³-hybridized carbons (Fsp3) is 0.533. The third kappa shape index (κ3) is 4.70. The van der Waals surface area contributed by atoms with Gasteiger partial charge in [0.2, 0.25) is 0 Å². The highest BCUT2D eigenvalue weighted by molar-refractivity contribution is 5.55. The second-order valence-corrected chi connectivity index (χ2v) is 4.14. The van der Waals surface area contributed by atoms with E-state index in [4.69, 9.17) is 14.7 Å². The quantitative estimate of drug-likeness (QED) is 0.778. The van der Waals surface area contributed by atoms with Crippen molar-refractivity contribution in [2.45, 2.75) is 39.7 Å². The molecule has 0 amide bonds. The van der Waals surface area contributed by atoms with Gasteiger partial charge in [-0.3, -0.25) is 0 Å². The van der Waals surface area contributed by atoms with Crippen LogP contribution in [0, 0.1) is 11.3 Å². The number of hydrogen-bond acceptors (Lipinski definition) is 4. The molecule has 0 aliphatic heterocycles. The number of ether oxygens (including phenoxy) is 2. The number of anilines is 1. The van der Waals surface area contributed by atoms with E-state index in [1.165, 1.54) is 0 Å². The lowest BCUT2D eigenvalue weighted by Gasteiger charge is -2.17. The minimum atomic E-state index is 0.164. The van der Waals surface area contributed by atoms with E-state index in [0.29, 0.717) is 19.6 Å². The Labute approximate surface area is 115 Å². The highest BCUT2D eigenvalue weighted by Gasteiger charge is 2.09. The Bertz CT molecular complexity index is 427. The lowest BCUT2D eigenvalue weighted by atomic mass is 10.1. The monoisotopic (exact) mass is 262 g/mol. The van der Waals surface area contributed by atoms with Gasteiger partial charge < -0.3 is 14.8 Å². The summed E-state index contributed by atoms with van der Waals surface area (Å²) in [5, 5.41) is 12.1. The summed E-state index contributed by atoms with van der Waals surface area (Å²) >= 11 is 0. The summed E-state index contributed by atoms with van der Waals surface area (Å²) in [7, 11) is 0. The first kappa shape index (κ1) is 15.2. The molecule has 1 rings (SSSR count). The van der Waals surface area contributed by atoms with E-state index in [0.717, 1.165) is 23.6 Å². The summed E-state index contributed by atoms with van der Waals surface area (Å²) in [5.74, 6) is 1.49. The molecule has 0 radical (unpaired) electrons. The fourth-order valence-electron chi connectivity index (χ4n) is 1.78. The van der Waals surface area contributed by atoms with Gasteiger partial charge in [0.1, 0.15) is 0 Å². The van der Waals surface area contributed by atoms with Crippen LogP contribution in [-0.4, -0.2) is 19.3 Å². The molecule has 0 aromatic heterocycles. The molecule has 0 fully saturated rings. The van der Waals surface area contributed by atoms with E-state index in [2.05, 4.69) is 18.3 Å². The lowest BCUT2D eigenvalue weighted by Crippen LogP contribution is -2.17. The van der Waals surface area contributed by atoms with Crippen molar-refractivity contribution in [3.05, 3.63) is 18.2 Å². The van der Waals surface area contributed by atoms with Crippen LogP contribution in [0.15, 0.2) is 18.2 Å². The summed E-state index contributed by atoms with van der Waals surface area (Å²) in [6.07, 6.45) is 1.40. The van der Waals surface area contributed by atoms with E-state index in [1.807, 2.05) is 32.0 Å². The van der Waals surface area contributed by atoms with Gasteiger partial charge in [-0.1, -0.05) is 6.92 Å². The first-order chi connectivity index (χ1) is 9.24. The normalized spacial score (nSPS) is 11.5. The van der Waals surface area contributed by atoms with Crippen LogP contribution in [0.1, 0.15) is 33.6 Å². The van der Waals surface area contributed by atoms with Gasteiger partial charge in [0.05, 0.1) is 25.7 Å². The summed E-state index contributed by atoms with van der Waals surface area (Å²) in [6, 6.07) is 8.13. The van der Waals surface area contributed by atoms with Crippen molar-refractivity contribution in [3.8, 4) is 17.6 Å². The molecule has 1 aromatic rings. The molecule has 4 nitrogen and oxygen atoms in total. The number of nitrogens with zero attached hydrogens (tertiary/aromatic N) is 1. The Hall–Kier alpha value is -1.89. The molecule has 104 valence electrons. The third-order valence-corrected chi connectivity index (χ3v) is 2.74. The van der Waals surface area contributed by atoms with Crippen LogP contribution in [0.25, 0.3) is 0 Å². The molecule has 1 N–H and O–H groups in total. The topological polar surface area (TPSA) is 54.3 Å². The zero-order valence-electron chi connectivity index (χ0n) is 11.9. The second-order valence-electron chi connectivity index (χ2n) is 4.14. The lowest BCUT2D eigenvalue weighted by molar-refractivity contribution is 0.288. The van der Waals surface area contributed by atoms with E-state index < -0.39 is 0 Å². The maximum Gasteiger partial charge on any atom is 0.163 e. The molecule has 0 aliphatic carbocycles. The van der Waals surface area contributed by atoms with Gasteiger partial charge in [-0.2, -0.15) is 5.26 Å². The zero-order valence-corrected chi connectivity index (χ0v) is 11.9. The molecule has 0 saturated heterocycles. The maximum atomic E-state index is 8.76. The van der Waals surface area contributed by atoms with Gasteiger partial charge in [0.15, 0.2) is 11.5 Å². The van der Waals surface area contributed by atoms with Crippen molar-refractivity contribution in [1.29, 1.82) is 5.26 Å². The van der Waals surface area contributed by atoms with Crippen LogP contribution in [0.5, 0.6) is 11.5 Å². The van der Waals surface area contributed by atoms with Crippen LogP contribution in [0.4, 0.5) is 5.69 Å². The molecule has 1 unspecified atom stereocenters. The molecular weight excluding hydrogens is 240 g/mol. The Morgan fingerprint density at radius 3 is 2.42 bits per heavy atom. The number of hydrogen-bond donors (Lipinski definition) is 1. The molecule has 1 aromatic carbocycles. The molecule has 0 aliphatic rings. The molecule has 0 bridgehead atoms. The average molecular weight is 262 g/mol. The first-order valence-corrected chi connectivity index (χ1v) is 6.78. The second kappa shape index (κ2) is 8.25. The maximum absolute atomic E-state index is 8.76. The van der Waals surface area contributed by atoms with Crippen LogP contribution >= 0.6 is 0 Å². The molecule has 1 atom stereocenters. The highest BCUT2D eigenvalue weighted by Crippen LogP contribution is 2.31. The Balaban J connectivity index is 2.85. The molecule has 0 heterocycles. The van der Waals surface area contributed by atoms with Gasteiger partial charge >= 0.3 is 0 Å². The van der Waals surface area contributed by atoms with Crippen molar-refractivity contribution < 1.29 is 9.47 Å².